The molecule has 2 N–H and O–H groups in total. The minimum absolute atomic E-state index is 0.220. The van der Waals surface area contributed by atoms with E-state index in [9.17, 15) is 4.39 Å². The Kier molecular flexibility index (Phi) is 3.77. The van der Waals surface area contributed by atoms with Crippen LogP contribution in [0, 0.1) is 5.82 Å². The topological polar surface area (TPSA) is 63.0 Å². The van der Waals surface area contributed by atoms with Crippen molar-refractivity contribution in [3.05, 3.63) is 35.7 Å². The average molecular weight is 290 g/mol. The fraction of sp³-hybridized carbons (Fsp3) is 0.467. The Balaban J connectivity index is 1.71. The number of hydrogen-bond acceptors (Lipinski definition) is 5. The van der Waals surface area contributed by atoms with Crippen LogP contribution >= 0.6 is 0 Å². The first-order valence-corrected chi connectivity index (χ1v) is 7.25. The molecule has 112 valence electrons. The molecule has 0 unspecified atom stereocenters. The summed E-state index contributed by atoms with van der Waals surface area (Å²) in [6.07, 6.45) is 2.25. The minimum atomic E-state index is -0.303. The molecule has 0 amide bonds. The van der Waals surface area contributed by atoms with Gasteiger partial charge in [-0.15, -0.1) is 0 Å². The van der Waals surface area contributed by atoms with Crippen LogP contribution in [0.15, 0.2) is 22.7 Å². The van der Waals surface area contributed by atoms with E-state index in [1.165, 1.54) is 6.07 Å². The monoisotopic (exact) mass is 290 g/mol. The van der Waals surface area contributed by atoms with Crippen LogP contribution in [0.4, 0.5) is 15.8 Å². The largest absolute Gasteiger partial charge is 0.381 e. The van der Waals surface area contributed by atoms with Gasteiger partial charge in [0.15, 0.2) is 5.82 Å². The summed E-state index contributed by atoms with van der Waals surface area (Å²) in [5, 5.41) is 10.2. The Bertz CT molecular complexity index is 622. The van der Waals surface area contributed by atoms with Crippen LogP contribution in [0.25, 0.3) is 0 Å². The van der Waals surface area contributed by atoms with E-state index in [-0.39, 0.29) is 11.9 Å². The number of rotatable bonds is 6. The molecule has 0 spiro atoms. The molecule has 6 heteroatoms. The second-order valence-electron chi connectivity index (χ2n) is 5.64. The first kappa shape index (κ1) is 13.9. The first-order valence-electron chi connectivity index (χ1n) is 7.25. The second kappa shape index (κ2) is 5.71. The smallest absolute Gasteiger partial charge is 0.245 e. The molecule has 1 saturated carbocycles. The Morgan fingerprint density at radius 1 is 1.38 bits per heavy atom. The standard InChI is InChI=1S/C15H19FN4O/c1-9(2)18-12-5-3-4-11(16)14(12)17-8-13-19-15(20-21-13)10-6-7-10/h3-5,9-10,17-18H,6-8H2,1-2H3. The van der Waals surface area contributed by atoms with Gasteiger partial charge in [-0.3, -0.25) is 0 Å². The highest BCUT2D eigenvalue weighted by molar-refractivity contribution is 5.69. The Morgan fingerprint density at radius 2 is 2.19 bits per heavy atom. The number of para-hydroxylation sites is 1. The molecule has 0 bridgehead atoms. The molecule has 1 fully saturated rings. The highest BCUT2D eigenvalue weighted by Gasteiger charge is 2.28. The Morgan fingerprint density at radius 3 is 2.90 bits per heavy atom. The number of nitrogens with one attached hydrogen (secondary N) is 2. The highest BCUT2D eigenvalue weighted by atomic mass is 19.1. The van der Waals surface area contributed by atoms with Gasteiger partial charge in [0, 0.05) is 12.0 Å². The zero-order chi connectivity index (χ0) is 14.8. The fourth-order valence-corrected chi connectivity index (χ4v) is 2.15. The fourth-order valence-electron chi connectivity index (χ4n) is 2.15. The molecule has 5 nitrogen and oxygen atoms in total. The van der Waals surface area contributed by atoms with Gasteiger partial charge in [0.25, 0.3) is 0 Å². The molecule has 2 aromatic rings. The van der Waals surface area contributed by atoms with Crippen molar-refractivity contribution in [1.29, 1.82) is 0 Å². The number of hydrogen-bond donors (Lipinski definition) is 2. The lowest BCUT2D eigenvalue weighted by molar-refractivity contribution is 0.377. The second-order valence-corrected chi connectivity index (χ2v) is 5.64. The van der Waals surface area contributed by atoms with Gasteiger partial charge in [-0.2, -0.15) is 4.98 Å². The summed E-state index contributed by atoms with van der Waals surface area (Å²) >= 11 is 0. The van der Waals surface area contributed by atoms with E-state index in [4.69, 9.17) is 4.52 Å². The van der Waals surface area contributed by atoms with E-state index in [0.29, 0.717) is 24.0 Å². The third-order valence-corrected chi connectivity index (χ3v) is 3.30. The van der Waals surface area contributed by atoms with Crippen LogP contribution < -0.4 is 10.6 Å². The summed E-state index contributed by atoms with van der Waals surface area (Å²) in [5.74, 6) is 1.40. The van der Waals surface area contributed by atoms with Gasteiger partial charge >= 0.3 is 0 Å². The van der Waals surface area contributed by atoms with Crippen LogP contribution in [0.3, 0.4) is 0 Å². The quantitative estimate of drug-likeness (QED) is 0.852. The van der Waals surface area contributed by atoms with E-state index < -0.39 is 0 Å². The summed E-state index contributed by atoms with van der Waals surface area (Å²) in [4.78, 5) is 4.32. The van der Waals surface area contributed by atoms with Gasteiger partial charge in [-0.25, -0.2) is 4.39 Å². The average Bonchev–Trinajstić information content (AvgIpc) is 3.17. The van der Waals surface area contributed by atoms with E-state index in [0.717, 1.165) is 24.4 Å². The third kappa shape index (κ3) is 3.32. The van der Waals surface area contributed by atoms with E-state index in [1.54, 1.807) is 6.07 Å². The number of aromatic nitrogens is 2. The van der Waals surface area contributed by atoms with Crippen molar-refractivity contribution in [3.8, 4) is 0 Å². The molecule has 1 aromatic heterocycles. The number of nitrogens with zero attached hydrogens (tertiary/aromatic N) is 2. The predicted molar refractivity (Wildman–Crippen MR) is 78.8 cm³/mol. The third-order valence-electron chi connectivity index (χ3n) is 3.30. The predicted octanol–water partition coefficient (Wildman–Crippen LogP) is 3.52. The van der Waals surface area contributed by atoms with Crippen LogP contribution in [0.5, 0.6) is 0 Å². The molecule has 0 radical (unpaired) electrons. The molecule has 21 heavy (non-hydrogen) atoms. The maximum absolute atomic E-state index is 14.0. The summed E-state index contributed by atoms with van der Waals surface area (Å²) < 4.78 is 19.2. The van der Waals surface area contributed by atoms with Crippen LogP contribution in [-0.2, 0) is 6.54 Å². The summed E-state index contributed by atoms with van der Waals surface area (Å²) in [5.41, 5.74) is 1.16. The highest BCUT2D eigenvalue weighted by Crippen LogP contribution is 2.38. The summed E-state index contributed by atoms with van der Waals surface area (Å²) in [7, 11) is 0. The normalized spacial score (nSPS) is 14.5. The van der Waals surface area contributed by atoms with Gasteiger partial charge in [-0.1, -0.05) is 11.2 Å². The molecule has 1 aliphatic carbocycles. The lowest BCUT2D eigenvalue weighted by Gasteiger charge is -2.16. The molecular formula is C15H19FN4O. The molecule has 3 rings (SSSR count). The maximum Gasteiger partial charge on any atom is 0.245 e. The van der Waals surface area contributed by atoms with E-state index >= 15 is 0 Å². The van der Waals surface area contributed by atoms with Crippen molar-refractivity contribution in [2.45, 2.75) is 45.2 Å². The molecular weight excluding hydrogens is 271 g/mol. The SMILES string of the molecule is CC(C)Nc1cccc(F)c1NCc1nc(C2CC2)no1. The van der Waals surface area contributed by atoms with Gasteiger partial charge < -0.3 is 15.2 Å². The number of halogens is 1. The van der Waals surface area contributed by atoms with Crippen LogP contribution in [0.1, 0.15) is 44.3 Å². The lowest BCUT2D eigenvalue weighted by Crippen LogP contribution is -2.13. The van der Waals surface area contributed by atoms with Crippen molar-refractivity contribution >= 4 is 11.4 Å². The number of benzene rings is 1. The first-order chi connectivity index (χ1) is 10.1. The van der Waals surface area contributed by atoms with Crippen LogP contribution in [-0.4, -0.2) is 16.2 Å². The summed E-state index contributed by atoms with van der Waals surface area (Å²) in [6, 6.07) is 5.17. The van der Waals surface area contributed by atoms with Crippen molar-refractivity contribution < 1.29 is 8.91 Å². The van der Waals surface area contributed by atoms with Gasteiger partial charge in [0.2, 0.25) is 5.89 Å². The molecule has 0 aliphatic heterocycles. The summed E-state index contributed by atoms with van der Waals surface area (Å²) in [6.45, 7) is 4.33. The number of anilines is 2. The molecule has 1 heterocycles. The molecule has 1 aliphatic rings. The molecule has 1 aromatic carbocycles. The Labute approximate surface area is 122 Å². The van der Waals surface area contributed by atoms with Crippen molar-refractivity contribution in [1.82, 2.24) is 10.1 Å². The van der Waals surface area contributed by atoms with Gasteiger partial charge in [0.05, 0.1) is 17.9 Å². The minimum Gasteiger partial charge on any atom is -0.381 e. The van der Waals surface area contributed by atoms with Crippen LogP contribution in [0.2, 0.25) is 0 Å². The van der Waals surface area contributed by atoms with Gasteiger partial charge in [-0.05, 0) is 38.8 Å². The van der Waals surface area contributed by atoms with Crippen molar-refractivity contribution in [2.75, 3.05) is 10.6 Å². The van der Waals surface area contributed by atoms with Crippen molar-refractivity contribution in [3.63, 3.8) is 0 Å². The lowest BCUT2D eigenvalue weighted by atomic mass is 10.2. The van der Waals surface area contributed by atoms with E-state index in [2.05, 4.69) is 20.8 Å². The van der Waals surface area contributed by atoms with E-state index in [1.807, 2.05) is 19.9 Å². The van der Waals surface area contributed by atoms with Crippen molar-refractivity contribution in [2.24, 2.45) is 0 Å². The zero-order valence-corrected chi connectivity index (χ0v) is 12.2. The van der Waals surface area contributed by atoms with Gasteiger partial charge in [0.1, 0.15) is 5.82 Å². The maximum atomic E-state index is 14.0. The Hall–Kier alpha value is -2.11. The molecule has 0 saturated heterocycles. The molecule has 0 atom stereocenters. The zero-order valence-electron chi connectivity index (χ0n) is 12.2.